The van der Waals surface area contributed by atoms with Gasteiger partial charge in [0.1, 0.15) is 0 Å². The minimum Gasteiger partial charge on any atom is -0.381 e. The predicted octanol–water partition coefficient (Wildman–Crippen LogP) is 2.58. The monoisotopic (exact) mass is 334 g/mol. The number of thioether (sulfide) groups is 1. The number of hydrogen-bond acceptors (Lipinski definition) is 5. The molecule has 126 valence electrons. The molecule has 4 heterocycles. The van der Waals surface area contributed by atoms with E-state index in [-0.39, 0.29) is 0 Å². The second-order valence-corrected chi connectivity index (χ2v) is 8.66. The molecule has 0 saturated carbocycles. The summed E-state index contributed by atoms with van der Waals surface area (Å²) in [6, 6.07) is 6.17. The Morgan fingerprint density at radius 3 is 2.96 bits per heavy atom. The molecule has 0 bridgehead atoms. The number of ether oxygens (including phenoxy) is 2. The molecule has 3 saturated heterocycles. The zero-order valence-corrected chi connectivity index (χ0v) is 14.5. The van der Waals surface area contributed by atoms with Crippen molar-refractivity contribution in [3.05, 3.63) is 30.1 Å². The molecule has 0 radical (unpaired) electrons. The molecule has 3 fully saturated rings. The van der Waals surface area contributed by atoms with Crippen LogP contribution in [0.25, 0.3) is 0 Å². The van der Waals surface area contributed by atoms with Gasteiger partial charge in [-0.2, -0.15) is 0 Å². The van der Waals surface area contributed by atoms with Crippen LogP contribution in [-0.4, -0.2) is 59.4 Å². The lowest BCUT2D eigenvalue weighted by Gasteiger charge is -2.47. The Morgan fingerprint density at radius 1 is 1.30 bits per heavy atom. The van der Waals surface area contributed by atoms with Crippen molar-refractivity contribution in [2.45, 2.75) is 36.7 Å². The van der Waals surface area contributed by atoms with Crippen LogP contribution in [0.3, 0.4) is 0 Å². The van der Waals surface area contributed by atoms with Crippen LogP contribution in [0, 0.1) is 5.92 Å². The van der Waals surface area contributed by atoms with E-state index < -0.39 is 0 Å². The third-order valence-corrected chi connectivity index (χ3v) is 6.79. The van der Waals surface area contributed by atoms with Gasteiger partial charge >= 0.3 is 0 Å². The van der Waals surface area contributed by atoms with E-state index in [1.807, 2.05) is 12.3 Å². The van der Waals surface area contributed by atoms with Crippen molar-refractivity contribution in [2.75, 3.05) is 38.7 Å². The molecule has 4 nitrogen and oxygen atoms in total. The predicted molar refractivity (Wildman–Crippen MR) is 92.6 cm³/mol. The topological polar surface area (TPSA) is 34.6 Å². The fourth-order valence-corrected chi connectivity index (χ4v) is 5.52. The van der Waals surface area contributed by atoms with Crippen LogP contribution in [-0.2, 0) is 16.0 Å². The first-order valence-electron chi connectivity index (χ1n) is 8.77. The van der Waals surface area contributed by atoms with Gasteiger partial charge in [0.2, 0.25) is 0 Å². The molecule has 0 N–H and O–H groups in total. The van der Waals surface area contributed by atoms with Crippen molar-refractivity contribution in [3.63, 3.8) is 0 Å². The number of nitrogens with zero attached hydrogens (tertiary/aromatic N) is 2. The average Bonchev–Trinajstić information content (AvgIpc) is 2.99. The smallest absolute Gasteiger partial charge is 0.0680 e. The highest BCUT2D eigenvalue weighted by atomic mass is 32.2. The van der Waals surface area contributed by atoms with E-state index in [1.165, 1.54) is 43.8 Å². The van der Waals surface area contributed by atoms with Crippen LogP contribution in [0.4, 0.5) is 0 Å². The van der Waals surface area contributed by atoms with Crippen LogP contribution in [0.2, 0.25) is 0 Å². The summed E-state index contributed by atoms with van der Waals surface area (Å²) in [5, 5.41) is 0. The molecular formula is C18H26N2O2S. The van der Waals surface area contributed by atoms with E-state index >= 15 is 0 Å². The highest BCUT2D eigenvalue weighted by Gasteiger charge is 2.49. The fourth-order valence-electron chi connectivity index (χ4n) is 3.92. The summed E-state index contributed by atoms with van der Waals surface area (Å²) < 4.78 is 12.1. The zero-order valence-electron chi connectivity index (χ0n) is 13.7. The maximum atomic E-state index is 6.22. The molecule has 0 amide bonds. The van der Waals surface area contributed by atoms with Crippen LogP contribution in [0.5, 0.6) is 0 Å². The first kappa shape index (κ1) is 15.9. The largest absolute Gasteiger partial charge is 0.381 e. The lowest BCUT2D eigenvalue weighted by Crippen LogP contribution is -2.58. The second kappa shape index (κ2) is 7.09. The van der Waals surface area contributed by atoms with Gasteiger partial charge in [-0.05, 0) is 37.3 Å². The molecule has 1 atom stereocenters. The molecule has 4 rings (SSSR count). The molecule has 1 aromatic rings. The molecule has 0 aliphatic carbocycles. The lowest BCUT2D eigenvalue weighted by molar-refractivity contribution is -0.0134. The second-order valence-electron chi connectivity index (χ2n) is 7.18. The number of hydrogen-bond donors (Lipinski definition) is 0. The van der Waals surface area contributed by atoms with E-state index in [4.69, 9.17) is 9.47 Å². The van der Waals surface area contributed by atoms with Crippen molar-refractivity contribution in [3.8, 4) is 0 Å². The third kappa shape index (κ3) is 3.90. The Bertz CT molecular complexity index is 501. The Hall–Kier alpha value is -0.620. The van der Waals surface area contributed by atoms with E-state index in [0.717, 1.165) is 26.4 Å². The average molecular weight is 334 g/mol. The molecule has 3 aliphatic rings. The molecule has 1 aromatic heterocycles. The van der Waals surface area contributed by atoms with Crippen LogP contribution >= 0.6 is 11.8 Å². The van der Waals surface area contributed by atoms with Gasteiger partial charge in [0.15, 0.2) is 0 Å². The summed E-state index contributed by atoms with van der Waals surface area (Å²) in [6.07, 6.45) is 5.90. The van der Waals surface area contributed by atoms with E-state index in [9.17, 15) is 0 Å². The summed E-state index contributed by atoms with van der Waals surface area (Å²) in [6.45, 7) is 6.12. The highest BCUT2D eigenvalue weighted by molar-refractivity contribution is 8.01. The number of pyridine rings is 1. The van der Waals surface area contributed by atoms with Crippen molar-refractivity contribution >= 4 is 11.8 Å². The van der Waals surface area contributed by atoms with Crippen molar-refractivity contribution < 1.29 is 9.47 Å². The summed E-state index contributed by atoms with van der Waals surface area (Å²) in [5.74, 6) is 1.88. The van der Waals surface area contributed by atoms with Crippen LogP contribution < -0.4 is 0 Å². The van der Waals surface area contributed by atoms with Gasteiger partial charge in [0.05, 0.1) is 11.8 Å². The van der Waals surface area contributed by atoms with Gasteiger partial charge in [0.25, 0.3) is 0 Å². The summed E-state index contributed by atoms with van der Waals surface area (Å²) in [4.78, 5) is 6.94. The van der Waals surface area contributed by atoms with E-state index in [0.29, 0.717) is 16.8 Å². The van der Waals surface area contributed by atoms with Gasteiger partial charge in [0, 0.05) is 56.2 Å². The highest BCUT2D eigenvalue weighted by Crippen LogP contribution is 2.46. The molecule has 5 heteroatoms. The van der Waals surface area contributed by atoms with E-state index in [2.05, 4.69) is 33.8 Å². The minimum absolute atomic E-state index is 0.453. The van der Waals surface area contributed by atoms with Gasteiger partial charge in [-0.25, -0.2) is 0 Å². The maximum absolute atomic E-state index is 6.22. The molecular weight excluding hydrogens is 308 g/mol. The van der Waals surface area contributed by atoms with Gasteiger partial charge in [-0.1, -0.05) is 6.07 Å². The molecule has 1 spiro atoms. The molecule has 0 aromatic carbocycles. The zero-order chi connectivity index (χ0) is 15.5. The Morgan fingerprint density at radius 2 is 2.17 bits per heavy atom. The Balaban J connectivity index is 1.19. The minimum atomic E-state index is 0.453. The first-order chi connectivity index (χ1) is 11.3. The SMILES string of the molecule is c1ccc(CN2CC3(C[C@@H](OCC4CCOCC4)CS3)C2)nc1. The standard InChI is InChI=1S/C18H26N2O2S/c1-2-6-19-16(3-1)10-20-13-18(14-20)9-17(12-23-18)22-11-15-4-7-21-8-5-15/h1-3,6,15,17H,4-5,7-14H2/t17-/m1/s1. The number of rotatable bonds is 5. The van der Waals surface area contributed by atoms with E-state index in [1.54, 1.807) is 0 Å². The van der Waals surface area contributed by atoms with Crippen molar-refractivity contribution in [1.29, 1.82) is 0 Å². The van der Waals surface area contributed by atoms with Gasteiger partial charge in [-0.15, -0.1) is 11.8 Å². The molecule has 23 heavy (non-hydrogen) atoms. The van der Waals surface area contributed by atoms with Gasteiger partial charge in [-0.3, -0.25) is 9.88 Å². The Labute approximate surface area is 142 Å². The normalized spacial score (nSPS) is 28.1. The Kier molecular flexibility index (Phi) is 4.90. The van der Waals surface area contributed by atoms with Crippen LogP contribution in [0.1, 0.15) is 25.0 Å². The number of likely N-dealkylation sites (tertiary alicyclic amines) is 1. The summed E-state index contributed by atoms with van der Waals surface area (Å²) in [7, 11) is 0. The van der Waals surface area contributed by atoms with Crippen LogP contribution in [0.15, 0.2) is 24.4 Å². The van der Waals surface area contributed by atoms with Gasteiger partial charge < -0.3 is 9.47 Å². The van der Waals surface area contributed by atoms with Crippen molar-refractivity contribution in [1.82, 2.24) is 9.88 Å². The third-order valence-electron chi connectivity index (χ3n) is 5.22. The fraction of sp³-hybridized carbons (Fsp3) is 0.722. The quantitative estimate of drug-likeness (QED) is 0.827. The number of aromatic nitrogens is 1. The lowest BCUT2D eigenvalue weighted by atomic mass is 9.92. The summed E-state index contributed by atoms with van der Waals surface area (Å²) in [5.41, 5.74) is 1.18. The summed E-state index contributed by atoms with van der Waals surface area (Å²) >= 11 is 2.13. The first-order valence-corrected chi connectivity index (χ1v) is 9.75. The molecule has 0 unspecified atom stereocenters. The van der Waals surface area contributed by atoms with Crippen molar-refractivity contribution in [2.24, 2.45) is 5.92 Å². The maximum Gasteiger partial charge on any atom is 0.0680 e. The molecule has 3 aliphatic heterocycles.